The second-order valence-electron chi connectivity index (χ2n) is 7.56. The molecule has 0 unspecified atom stereocenters. The average Bonchev–Trinajstić information content (AvgIpc) is 3.47. The molecule has 0 spiro atoms. The Kier molecular flexibility index (Phi) is 4.70. The number of fused-ring (bicyclic) bond motifs is 1. The molecule has 5 heterocycles. The molecule has 2 aromatic heterocycles. The third-order valence-corrected chi connectivity index (χ3v) is 7.05. The minimum Gasteiger partial charge on any atom is -0.376 e. The maximum atomic E-state index is 5.90. The van der Waals surface area contributed by atoms with Gasteiger partial charge in [0.1, 0.15) is 6.04 Å². The predicted octanol–water partition coefficient (Wildman–Crippen LogP) is 4.04. The summed E-state index contributed by atoms with van der Waals surface area (Å²) in [6, 6.07) is 11.4. The maximum Gasteiger partial charge on any atom is 0.160 e. The van der Waals surface area contributed by atoms with Gasteiger partial charge in [-0.25, -0.2) is 0 Å². The minimum absolute atomic E-state index is 0.0567. The summed E-state index contributed by atoms with van der Waals surface area (Å²) in [5, 5.41) is 1.19. The van der Waals surface area contributed by atoms with Crippen molar-refractivity contribution in [1.82, 2.24) is 14.5 Å². The lowest BCUT2D eigenvalue weighted by molar-refractivity contribution is 0.0950. The number of pyridine rings is 1. The Labute approximate surface area is 164 Å². The summed E-state index contributed by atoms with van der Waals surface area (Å²) in [7, 11) is 0. The fourth-order valence-corrected chi connectivity index (χ4v) is 5.88. The molecule has 2 saturated heterocycles. The molecule has 6 heteroatoms. The zero-order chi connectivity index (χ0) is 18.2. The lowest BCUT2D eigenvalue weighted by Crippen LogP contribution is -2.36. The van der Waals surface area contributed by atoms with Crippen LogP contribution in [-0.2, 0) is 11.3 Å². The van der Waals surface area contributed by atoms with Gasteiger partial charge in [-0.05, 0) is 43.5 Å². The SMILES string of the molecule is CC[C@H]1CSC2=N[C@H](c3ccccn3)[C@@H](c3cccn3C[C@@H]3CCCO3)N21. The van der Waals surface area contributed by atoms with Gasteiger partial charge in [0.25, 0.3) is 0 Å². The van der Waals surface area contributed by atoms with E-state index < -0.39 is 0 Å². The molecule has 142 valence electrons. The number of aromatic nitrogens is 2. The van der Waals surface area contributed by atoms with E-state index in [2.05, 4.69) is 51.8 Å². The average molecular weight is 383 g/mol. The topological polar surface area (TPSA) is 42.6 Å². The molecule has 4 atom stereocenters. The van der Waals surface area contributed by atoms with E-state index in [0.717, 1.165) is 37.4 Å². The number of amidine groups is 1. The normalized spacial score (nSPS) is 30.0. The molecule has 2 aromatic rings. The Morgan fingerprint density at radius 1 is 1.26 bits per heavy atom. The third-order valence-electron chi connectivity index (χ3n) is 5.92. The van der Waals surface area contributed by atoms with Crippen LogP contribution >= 0.6 is 11.8 Å². The van der Waals surface area contributed by atoms with Crippen LogP contribution in [-0.4, -0.2) is 44.1 Å². The van der Waals surface area contributed by atoms with Gasteiger partial charge in [-0.1, -0.05) is 24.8 Å². The number of rotatable bonds is 5. The van der Waals surface area contributed by atoms with Crippen molar-refractivity contribution in [3.05, 3.63) is 54.1 Å². The van der Waals surface area contributed by atoms with E-state index in [1.165, 1.54) is 17.3 Å². The monoisotopic (exact) mass is 382 g/mol. The smallest absolute Gasteiger partial charge is 0.160 e. The number of ether oxygens (including phenoxy) is 1. The maximum absolute atomic E-state index is 5.90. The highest BCUT2D eigenvalue weighted by Gasteiger charge is 2.46. The highest BCUT2D eigenvalue weighted by molar-refractivity contribution is 8.14. The molecule has 3 aliphatic rings. The van der Waals surface area contributed by atoms with Gasteiger partial charge in [-0.2, -0.15) is 0 Å². The van der Waals surface area contributed by atoms with Gasteiger partial charge in [0.15, 0.2) is 5.17 Å². The molecule has 5 nitrogen and oxygen atoms in total. The molecule has 3 aliphatic heterocycles. The molecular formula is C21H26N4OS. The van der Waals surface area contributed by atoms with Gasteiger partial charge < -0.3 is 14.2 Å². The van der Waals surface area contributed by atoms with E-state index in [1.54, 1.807) is 0 Å². The van der Waals surface area contributed by atoms with Crippen LogP contribution in [0.3, 0.4) is 0 Å². The number of hydrogen-bond donors (Lipinski definition) is 0. The second-order valence-corrected chi connectivity index (χ2v) is 8.54. The summed E-state index contributed by atoms with van der Waals surface area (Å²) >= 11 is 1.90. The Bertz CT molecular complexity index is 815. The minimum atomic E-state index is 0.0567. The Morgan fingerprint density at radius 3 is 3.00 bits per heavy atom. The molecule has 0 saturated carbocycles. The molecule has 0 radical (unpaired) electrons. The van der Waals surface area contributed by atoms with Crippen molar-refractivity contribution in [3.63, 3.8) is 0 Å². The summed E-state index contributed by atoms with van der Waals surface area (Å²) in [4.78, 5) is 12.3. The Balaban J connectivity index is 1.52. The van der Waals surface area contributed by atoms with Crippen molar-refractivity contribution >= 4 is 16.9 Å². The lowest BCUT2D eigenvalue weighted by Gasteiger charge is -2.32. The van der Waals surface area contributed by atoms with Crippen LogP contribution in [0.2, 0.25) is 0 Å². The van der Waals surface area contributed by atoms with E-state index in [0.29, 0.717) is 12.1 Å². The number of nitrogens with zero attached hydrogens (tertiary/aromatic N) is 4. The van der Waals surface area contributed by atoms with E-state index >= 15 is 0 Å². The summed E-state index contributed by atoms with van der Waals surface area (Å²) in [6.45, 7) is 4.11. The largest absolute Gasteiger partial charge is 0.376 e. The van der Waals surface area contributed by atoms with Crippen molar-refractivity contribution in [1.29, 1.82) is 0 Å². The van der Waals surface area contributed by atoms with Crippen LogP contribution in [0.5, 0.6) is 0 Å². The summed E-state index contributed by atoms with van der Waals surface area (Å²) < 4.78 is 8.30. The van der Waals surface area contributed by atoms with Crippen LogP contribution in [0.15, 0.2) is 47.7 Å². The van der Waals surface area contributed by atoms with Gasteiger partial charge in [0, 0.05) is 43.0 Å². The first kappa shape index (κ1) is 17.3. The highest BCUT2D eigenvalue weighted by Crippen LogP contribution is 2.48. The van der Waals surface area contributed by atoms with E-state index in [-0.39, 0.29) is 12.1 Å². The summed E-state index contributed by atoms with van der Waals surface area (Å²) in [5.41, 5.74) is 2.39. The summed E-state index contributed by atoms with van der Waals surface area (Å²) in [6.07, 6.45) is 7.89. The van der Waals surface area contributed by atoms with Crippen LogP contribution in [0.25, 0.3) is 0 Å². The fraction of sp³-hybridized carbons (Fsp3) is 0.524. The highest BCUT2D eigenvalue weighted by atomic mass is 32.2. The fourth-order valence-electron chi connectivity index (χ4n) is 4.54. The number of hydrogen-bond acceptors (Lipinski definition) is 5. The predicted molar refractivity (Wildman–Crippen MR) is 109 cm³/mol. The first-order valence-corrected chi connectivity index (χ1v) is 11.0. The van der Waals surface area contributed by atoms with E-state index in [9.17, 15) is 0 Å². The Morgan fingerprint density at radius 2 is 2.22 bits per heavy atom. The molecule has 0 amide bonds. The second kappa shape index (κ2) is 7.32. The van der Waals surface area contributed by atoms with Gasteiger partial charge in [0.05, 0.1) is 17.8 Å². The third kappa shape index (κ3) is 3.09. The van der Waals surface area contributed by atoms with Gasteiger partial charge in [-0.15, -0.1) is 0 Å². The van der Waals surface area contributed by atoms with Crippen molar-refractivity contribution in [2.75, 3.05) is 12.4 Å². The van der Waals surface area contributed by atoms with Gasteiger partial charge in [0.2, 0.25) is 0 Å². The molecule has 0 aromatic carbocycles. The molecule has 0 N–H and O–H groups in total. The zero-order valence-corrected chi connectivity index (χ0v) is 16.5. The molecule has 5 rings (SSSR count). The van der Waals surface area contributed by atoms with Crippen molar-refractivity contribution in [3.8, 4) is 0 Å². The van der Waals surface area contributed by atoms with E-state index in [1.807, 2.05) is 24.0 Å². The van der Waals surface area contributed by atoms with Gasteiger partial charge in [-0.3, -0.25) is 9.98 Å². The van der Waals surface area contributed by atoms with E-state index in [4.69, 9.17) is 9.73 Å². The summed E-state index contributed by atoms with van der Waals surface area (Å²) in [5.74, 6) is 1.13. The first-order valence-electron chi connectivity index (χ1n) is 10.0. The van der Waals surface area contributed by atoms with Crippen LogP contribution in [0, 0.1) is 0 Å². The van der Waals surface area contributed by atoms with Crippen molar-refractivity contribution < 1.29 is 4.74 Å². The van der Waals surface area contributed by atoms with Crippen molar-refractivity contribution in [2.45, 2.75) is 57.0 Å². The van der Waals surface area contributed by atoms with Gasteiger partial charge >= 0.3 is 0 Å². The quantitative estimate of drug-likeness (QED) is 0.783. The van der Waals surface area contributed by atoms with Crippen molar-refractivity contribution in [2.24, 2.45) is 4.99 Å². The number of thioether (sulfide) groups is 1. The molecule has 27 heavy (non-hydrogen) atoms. The molecule has 0 aliphatic carbocycles. The lowest BCUT2D eigenvalue weighted by atomic mass is 9.99. The Hall–Kier alpha value is -1.79. The standard InChI is InChI=1S/C21H26N4OS/c1-2-15-14-27-21-23-19(17-8-3-4-10-22-17)20(25(15)21)18-9-5-11-24(18)13-16-7-6-12-26-16/h3-5,8-11,15-16,19-20H,2,6-7,12-14H2,1H3/t15-,16-,19+,20+/m0/s1. The van der Waals surface area contributed by atoms with Crippen LogP contribution in [0.4, 0.5) is 0 Å². The zero-order valence-electron chi connectivity index (χ0n) is 15.7. The van der Waals surface area contributed by atoms with Crippen LogP contribution < -0.4 is 0 Å². The number of aliphatic imine (C=N–C) groups is 1. The molecule has 2 fully saturated rings. The molecule has 0 bridgehead atoms. The van der Waals surface area contributed by atoms with Crippen LogP contribution in [0.1, 0.15) is 49.7 Å². The molecular weight excluding hydrogens is 356 g/mol. The first-order chi connectivity index (χ1) is 13.3.